The van der Waals surface area contributed by atoms with Crippen molar-refractivity contribution in [1.29, 1.82) is 0 Å². The number of anilines is 2. The number of nitrogens with one attached hydrogen (secondary N) is 2. The fraction of sp³-hybridized carbons (Fsp3) is 0.105. The third kappa shape index (κ3) is 2.64. The second kappa shape index (κ2) is 6.51. The number of methoxy groups -OCH3 is 1. The number of hydrogen-bond donors (Lipinski definition) is 2. The van der Waals surface area contributed by atoms with Gasteiger partial charge in [-0.05, 0) is 40.8 Å². The number of rotatable bonds is 3. The van der Waals surface area contributed by atoms with Crippen molar-refractivity contribution in [3.05, 3.63) is 75.8 Å². The summed E-state index contributed by atoms with van der Waals surface area (Å²) in [6, 6.07) is 12.7. The van der Waals surface area contributed by atoms with E-state index in [0.717, 1.165) is 5.56 Å². The van der Waals surface area contributed by atoms with Crippen LogP contribution in [-0.4, -0.2) is 37.5 Å². The highest BCUT2D eigenvalue weighted by Crippen LogP contribution is 2.43. The Morgan fingerprint density at radius 3 is 2.72 bits per heavy atom. The summed E-state index contributed by atoms with van der Waals surface area (Å²) in [7, 11) is 1.57. The molecular formula is C19H14FN7O2. The number of para-hydroxylation sites is 1. The summed E-state index contributed by atoms with van der Waals surface area (Å²) in [5, 5.41) is 21.5. The molecular weight excluding hydrogens is 377 g/mol. The zero-order valence-corrected chi connectivity index (χ0v) is 15.1. The van der Waals surface area contributed by atoms with Gasteiger partial charge >= 0.3 is 0 Å². The predicted octanol–water partition coefficient (Wildman–Crippen LogP) is 2.27. The average molecular weight is 391 g/mol. The van der Waals surface area contributed by atoms with Gasteiger partial charge in [0.1, 0.15) is 23.3 Å². The first kappa shape index (κ1) is 17.0. The molecule has 1 aliphatic rings. The Morgan fingerprint density at radius 1 is 1.14 bits per heavy atom. The zero-order valence-electron chi connectivity index (χ0n) is 15.1. The average Bonchev–Trinajstić information content (AvgIpc) is 3.22. The van der Waals surface area contributed by atoms with Crippen molar-refractivity contribution >= 4 is 11.6 Å². The molecule has 2 aromatic carbocycles. The minimum absolute atomic E-state index is 0.275. The van der Waals surface area contributed by atoms with Gasteiger partial charge in [0, 0.05) is 16.7 Å². The molecule has 9 nitrogen and oxygen atoms in total. The van der Waals surface area contributed by atoms with Crippen molar-refractivity contribution in [2.45, 2.75) is 6.04 Å². The van der Waals surface area contributed by atoms with Crippen LogP contribution >= 0.6 is 0 Å². The van der Waals surface area contributed by atoms with Gasteiger partial charge < -0.3 is 10.1 Å². The van der Waals surface area contributed by atoms with E-state index in [9.17, 15) is 9.18 Å². The minimum Gasteiger partial charge on any atom is -0.496 e. The number of H-pyrrole nitrogens is 1. The number of ether oxygens (including phenoxy) is 1. The zero-order chi connectivity index (χ0) is 20.0. The Morgan fingerprint density at radius 2 is 1.93 bits per heavy atom. The Balaban J connectivity index is 1.84. The van der Waals surface area contributed by atoms with Crippen LogP contribution in [0.5, 0.6) is 5.75 Å². The number of tetrazole rings is 1. The highest BCUT2D eigenvalue weighted by Gasteiger charge is 2.35. The van der Waals surface area contributed by atoms with Crippen LogP contribution in [0.1, 0.15) is 17.2 Å². The molecule has 0 saturated carbocycles. The lowest BCUT2D eigenvalue weighted by Crippen LogP contribution is -2.29. The van der Waals surface area contributed by atoms with E-state index in [0.29, 0.717) is 28.5 Å². The summed E-state index contributed by atoms with van der Waals surface area (Å²) >= 11 is 0. The third-order valence-electron chi connectivity index (χ3n) is 4.82. The number of aromatic amines is 1. The lowest BCUT2D eigenvalue weighted by molar-refractivity contribution is 0.402. The van der Waals surface area contributed by atoms with Crippen molar-refractivity contribution in [3.63, 3.8) is 0 Å². The Kier molecular flexibility index (Phi) is 3.83. The lowest BCUT2D eigenvalue weighted by Gasteiger charge is -2.28. The van der Waals surface area contributed by atoms with Crippen LogP contribution in [0.25, 0.3) is 11.3 Å². The molecule has 0 spiro atoms. The summed E-state index contributed by atoms with van der Waals surface area (Å²) in [6.45, 7) is 0. The van der Waals surface area contributed by atoms with Crippen LogP contribution in [0.2, 0.25) is 0 Å². The van der Waals surface area contributed by atoms with Crippen molar-refractivity contribution < 1.29 is 9.13 Å². The molecule has 0 amide bonds. The lowest BCUT2D eigenvalue weighted by atomic mass is 9.92. The van der Waals surface area contributed by atoms with E-state index in [1.807, 2.05) is 24.3 Å². The van der Waals surface area contributed by atoms with E-state index in [1.54, 1.807) is 23.9 Å². The number of hydrogen-bond acceptors (Lipinski definition) is 7. The van der Waals surface area contributed by atoms with Crippen LogP contribution in [0, 0.1) is 5.82 Å². The van der Waals surface area contributed by atoms with Crippen LogP contribution in [-0.2, 0) is 0 Å². The van der Waals surface area contributed by atoms with Crippen molar-refractivity contribution in [2.75, 3.05) is 12.4 Å². The standard InChI is InChI=1S/C19H14FN7O2/c1-29-13-5-3-2-4-12(13)17-14-15(10-6-8-11(20)9-7-10)22-23-18(28)16(14)21-19-24-25-26-27(17)19/h2-9,17H,1H3,(H,23,28)(H,21,24,26)/t17-/m1/s1. The highest BCUT2D eigenvalue weighted by molar-refractivity contribution is 5.75. The topological polar surface area (TPSA) is 111 Å². The van der Waals surface area contributed by atoms with Crippen molar-refractivity contribution in [3.8, 4) is 17.0 Å². The summed E-state index contributed by atoms with van der Waals surface area (Å²) in [4.78, 5) is 12.6. The first-order chi connectivity index (χ1) is 14.2. The number of nitrogens with zero attached hydrogens (tertiary/aromatic N) is 5. The smallest absolute Gasteiger partial charge is 0.288 e. The normalized spacial score (nSPS) is 14.6. The molecule has 10 heteroatoms. The molecule has 1 atom stereocenters. The molecule has 0 aliphatic carbocycles. The minimum atomic E-state index is -0.581. The van der Waals surface area contributed by atoms with Gasteiger partial charge in [0.25, 0.3) is 5.56 Å². The van der Waals surface area contributed by atoms with E-state index in [-0.39, 0.29) is 11.5 Å². The van der Waals surface area contributed by atoms with E-state index < -0.39 is 11.6 Å². The molecule has 5 rings (SSSR count). The van der Waals surface area contributed by atoms with Gasteiger partial charge in [-0.2, -0.15) is 9.78 Å². The summed E-state index contributed by atoms with van der Waals surface area (Å²) in [5.74, 6) is 0.557. The quantitative estimate of drug-likeness (QED) is 0.485. The molecule has 2 N–H and O–H groups in total. The van der Waals surface area contributed by atoms with E-state index in [1.165, 1.54) is 12.1 Å². The molecule has 29 heavy (non-hydrogen) atoms. The molecule has 1 aliphatic heterocycles. The Bertz CT molecular complexity index is 1270. The predicted molar refractivity (Wildman–Crippen MR) is 102 cm³/mol. The first-order valence-corrected chi connectivity index (χ1v) is 8.73. The Hall–Kier alpha value is -4.08. The van der Waals surface area contributed by atoms with Gasteiger partial charge in [0.05, 0.1) is 12.8 Å². The molecule has 2 aromatic heterocycles. The van der Waals surface area contributed by atoms with Gasteiger partial charge in [0.2, 0.25) is 5.95 Å². The molecule has 3 heterocycles. The first-order valence-electron chi connectivity index (χ1n) is 8.73. The van der Waals surface area contributed by atoms with Gasteiger partial charge in [-0.25, -0.2) is 9.49 Å². The Labute approximate surface area is 163 Å². The number of halogens is 1. The van der Waals surface area contributed by atoms with Gasteiger partial charge in [0.15, 0.2) is 0 Å². The molecule has 0 fully saturated rings. The maximum Gasteiger partial charge on any atom is 0.288 e. The number of aromatic nitrogens is 6. The molecule has 4 aromatic rings. The fourth-order valence-electron chi connectivity index (χ4n) is 3.55. The van der Waals surface area contributed by atoms with E-state index in [4.69, 9.17) is 4.74 Å². The van der Waals surface area contributed by atoms with Crippen LogP contribution in [0.3, 0.4) is 0 Å². The summed E-state index contributed by atoms with van der Waals surface area (Å²) < 4.78 is 20.6. The number of fused-ring (bicyclic) bond motifs is 2. The molecule has 0 unspecified atom stereocenters. The fourth-order valence-corrected chi connectivity index (χ4v) is 3.55. The maximum absolute atomic E-state index is 13.5. The summed E-state index contributed by atoms with van der Waals surface area (Å²) in [5.41, 5.74) is 2.28. The molecule has 0 bridgehead atoms. The SMILES string of the molecule is COc1ccccc1[C@@H]1c2c(-c3ccc(F)cc3)n[nH]c(=O)c2Nc2nnnn21. The maximum atomic E-state index is 13.5. The van der Waals surface area contributed by atoms with Crippen molar-refractivity contribution in [1.82, 2.24) is 30.4 Å². The second-order valence-electron chi connectivity index (χ2n) is 6.41. The largest absolute Gasteiger partial charge is 0.496 e. The second-order valence-corrected chi connectivity index (χ2v) is 6.41. The highest BCUT2D eigenvalue weighted by atomic mass is 19.1. The molecule has 0 saturated heterocycles. The van der Waals surface area contributed by atoms with E-state index in [2.05, 4.69) is 31.0 Å². The van der Waals surface area contributed by atoms with Gasteiger partial charge in [-0.15, -0.1) is 0 Å². The van der Waals surface area contributed by atoms with Gasteiger partial charge in [-0.3, -0.25) is 4.79 Å². The molecule has 0 radical (unpaired) electrons. The summed E-state index contributed by atoms with van der Waals surface area (Å²) in [6.07, 6.45) is 0. The van der Waals surface area contributed by atoms with Crippen LogP contribution in [0.4, 0.5) is 16.0 Å². The monoisotopic (exact) mass is 391 g/mol. The van der Waals surface area contributed by atoms with Crippen molar-refractivity contribution in [2.24, 2.45) is 0 Å². The van der Waals surface area contributed by atoms with Crippen LogP contribution in [0.15, 0.2) is 53.3 Å². The van der Waals surface area contributed by atoms with E-state index >= 15 is 0 Å². The third-order valence-corrected chi connectivity index (χ3v) is 4.82. The van der Waals surface area contributed by atoms with Crippen LogP contribution < -0.4 is 15.6 Å². The molecule has 144 valence electrons. The van der Waals surface area contributed by atoms with Gasteiger partial charge in [-0.1, -0.05) is 23.3 Å². The number of benzene rings is 2.